The van der Waals surface area contributed by atoms with Crippen molar-refractivity contribution < 1.29 is 9.90 Å². The Morgan fingerprint density at radius 3 is 2.89 bits per heavy atom. The van der Waals surface area contributed by atoms with Gasteiger partial charge in [-0.25, -0.2) is 9.78 Å². The summed E-state index contributed by atoms with van der Waals surface area (Å²) in [6.07, 6.45) is 3.16. The Morgan fingerprint density at radius 1 is 1.53 bits per heavy atom. The van der Waals surface area contributed by atoms with Gasteiger partial charge in [-0.2, -0.15) is 0 Å². The minimum absolute atomic E-state index is 0.483. The number of anilines is 1. The van der Waals surface area contributed by atoms with Crippen LogP contribution in [0.3, 0.4) is 0 Å². The highest BCUT2D eigenvalue weighted by Gasteiger charge is 2.23. The molecule has 100 valence electrons. The van der Waals surface area contributed by atoms with E-state index < -0.39 is 12.0 Å². The fourth-order valence-electron chi connectivity index (χ4n) is 1.83. The van der Waals surface area contributed by atoms with Crippen molar-refractivity contribution in [3.63, 3.8) is 0 Å². The zero-order chi connectivity index (χ0) is 13.8. The van der Waals surface area contributed by atoms with E-state index in [1.54, 1.807) is 41.4 Å². The van der Waals surface area contributed by atoms with Crippen molar-refractivity contribution >= 4 is 23.3 Å². The van der Waals surface area contributed by atoms with Gasteiger partial charge >= 0.3 is 5.97 Å². The van der Waals surface area contributed by atoms with Crippen molar-refractivity contribution in [1.29, 1.82) is 0 Å². The standard InChI is InChI=1S/C13H14ClN3O2/c1-2-17-8-15-7-11(17)12(13(18)19)16-10-6-4-3-5-9(10)14/h3-8,12,16H,2H2,1H3,(H,18,19). The largest absolute Gasteiger partial charge is 0.479 e. The summed E-state index contributed by atoms with van der Waals surface area (Å²) in [5, 5.41) is 12.8. The lowest BCUT2D eigenvalue weighted by molar-refractivity contribution is -0.138. The molecule has 0 saturated carbocycles. The third kappa shape index (κ3) is 2.88. The van der Waals surface area contributed by atoms with Crippen molar-refractivity contribution in [2.75, 3.05) is 5.32 Å². The maximum atomic E-state index is 11.4. The summed E-state index contributed by atoms with van der Waals surface area (Å²) in [5.41, 5.74) is 1.18. The molecule has 0 aliphatic rings. The van der Waals surface area contributed by atoms with E-state index >= 15 is 0 Å². The smallest absolute Gasteiger partial charge is 0.332 e. The summed E-state index contributed by atoms with van der Waals surface area (Å²) in [6, 6.07) is 6.15. The normalized spacial score (nSPS) is 12.1. The number of aromatic nitrogens is 2. The molecule has 2 aromatic rings. The predicted molar refractivity (Wildman–Crippen MR) is 73.4 cm³/mol. The van der Waals surface area contributed by atoms with Crippen LogP contribution in [-0.4, -0.2) is 20.6 Å². The summed E-state index contributed by atoms with van der Waals surface area (Å²) in [4.78, 5) is 15.4. The van der Waals surface area contributed by atoms with Gasteiger partial charge in [-0.15, -0.1) is 0 Å². The molecule has 0 bridgehead atoms. The van der Waals surface area contributed by atoms with Crippen molar-refractivity contribution in [3.8, 4) is 0 Å². The number of aryl methyl sites for hydroxylation is 1. The average Bonchev–Trinajstić information content (AvgIpc) is 2.85. The summed E-state index contributed by atoms with van der Waals surface area (Å²) >= 11 is 6.03. The molecule has 0 spiro atoms. The minimum atomic E-state index is -0.977. The molecule has 1 unspecified atom stereocenters. The second-order valence-electron chi connectivity index (χ2n) is 4.00. The van der Waals surface area contributed by atoms with Crippen LogP contribution in [0.25, 0.3) is 0 Å². The topological polar surface area (TPSA) is 67.2 Å². The number of imidazole rings is 1. The first-order valence-electron chi connectivity index (χ1n) is 5.87. The van der Waals surface area contributed by atoms with E-state index in [9.17, 15) is 9.90 Å². The lowest BCUT2D eigenvalue weighted by atomic mass is 10.2. The van der Waals surface area contributed by atoms with Gasteiger partial charge in [-0.1, -0.05) is 23.7 Å². The van der Waals surface area contributed by atoms with Gasteiger partial charge in [0.25, 0.3) is 0 Å². The van der Waals surface area contributed by atoms with Crippen LogP contribution >= 0.6 is 11.6 Å². The van der Waals surface area contributed by atoms with Crippen molar-refractivity contribution in [2.45, 2.75) is 19.5 Å². The van der Waals surface area contributed by atoms with E-state index in [1.165, 1.54) is 0 Å². The molecule has 0 aliphatic heterocycles. The summed E-state index contributed by atoms with van der Waals surface area (Å²) in [5.74, 6) is -0.977. The van der Waals surface area contributed by atoms with Crippen LogP contribution < -0.4 is 5.32 Å². The summed E-state index contributed by atoms with van der Waals surface area (Å²) in [6.45, 7) is 2.59. The Kier molecular flexibility index (Phi) is 4.06. The predicted octanol–water partition coefficient (Wildman–Crippen LogP) is 2.79. The first-order chi connectivity index (χ1) is 9.13. The third-order valence-electron chi connectivity index (χ3n) is 2.80. The number of hydrogen-bond acceptors (Lipinski definition) is 3. The van der Waals surface area contributed by atoms with Crippen LogP contribution in [0.2, 0.25) is 5.02 Å². The Hall–Kier alpha value is -2.01. The fourth-order valence-corrected chi connectivity index (χ4v) is 2.02. The van der Waals surface area contributed by atoms with E-state index in [0.29, 0.717) is 22.9 Å². The lowest BCUT2D eigenvalue weighted by Crippen LogP contribution is -2.23. The molecule has 2 rings (SSSR count). The van der Waals surface area contributed by atoms with Crippen molar-refractivity contribution in [1.82, 2.24) is 9.55 Å². The van der Waals surface area contributed by atoms with Crippen molar-refractivity contribution in [3.05, 3.63) is 47.5 Å². The minimum Gasteiger partial charge on any atom is -0.479 e. The van der Waals surface area contributed by atoms with Gasteiger partial charge in [-0.05, 0) is 19.1 Å². The third-order valence-corrected chi connectivity index (χ3v) is 3.13. The van der Waals surface area contributed by atoms with E-state index in [4.69, 9.17) is 11.6 Å². The van der Waals surface area contributed by atoms with E-state index in [1.807, 2.05) is 6.92 Å². The molecule has 1 heterocycles. The molecule has 0 fully saturated rings. The second kappa shape index (κ2) is 5.75. The fraction of sp³-hybridized carbons (Fsp3) is 0.231. The highest BCUT2D eigenvalue weighted by atomic mass is 35.5. The molecular weight excluding hydrogens is 266 g/mol. The quantitative estimate of drug-likeness (QED) is 0.883. The van der Waals surface area contributed by atoms with Gasteiger partial charge < -0.3 is 15.0 Å². The summed E-state index contributed by atoms with van der Waals surface area (Å²) in [7, 11) is 0. The Labute approximate surface area is 115 Å². The Balaban J connectivity index is 2.32. The number of para-hydroxylation sites is 1. The van der Waals surface area contributed by atoms with Gasteiger partial charge in [0.15, 0.2) is 6.04 Å². The highest BCUT2D eigenvalue weighted by Crippen LogP contribution is 2.26. The number of carbonyl (C=O) groups is 1. The number of carboxylic acid groups (broad SMARTS) is 1. The molecule has 0 aliphatic carbocycles. The Morgan fingerprint density at radius 2 is 2.26 bits per heavy atom. The van der Waals surface area contributed by atoms with Crippen molar-refractivity contribution in [2.24, 2.45) is 0 Å². The molecule has 0 amide bonds. The van der Waals surface area contributed by atoms with Crippen LogP contribution in [-0.2, 0) is 11.3 Å². The average molecular weight is 280 g/mol. The number of carboxylic acids is 1. The highest BCUT2D eigenvalue weighted by molar-refractivity contribution is 6.33. The van der Waals surface area contributed by atoms with Crippen LogP contribution in [0.15, 0.2) is 36.8 Å². The van der Waals surface area contributed by atoms with Crippen LogP contribution in [0.4, 0.5) is 5.69 Å². The molecule has 1 aromatic heterocycles. The first kappa shape index (κ1) is 13.4. The van der Waals surface area contributed by atoms with Crippen LogP contribution in [0.1, 0.15) is 18.7 Å². The molecule has 5 nitrogen and oxygen atoms in total. The zero-order valence-electron chi connectivity index (χ0n) is 10.4. The SMILES string of the molecule is CCn1cncc1C(Nc1ccccc1Cl)C(=O)O. The molecule has 1 atom stereocenters. The molecule has 1 aromatic carbocycles. The number of hydrogen-bond donors (Lipinski definition) is 2. The number of aliphatic carboxylic acids is 1. The van der Waals surface area contributed by atoms with Gasteiger partial charge in [-0.3, -0.25) is 0 Å². The Bertz CT molecular complexity index is 583. The number of halogens is 1. The van der Waals surface area contributed by atoms with E-state index in [0.717, 1.165) is 0 Å². The second-order valence-corrected chi connectivity index (χ2v) is 4.41. The van der Waals surface area contributed by atoms with Gasteiger partial charge in [0.05, 0.1) is 28.9 Å². The number of nitrogens with one attached hydrogen (secondary N) is 1. The molecule has 2 N–H and O–H groups in total. The van der Waals surface area contributed by atoms with Gasteiger partial charge in [0.1, 0.15) is 0 Å². The maximum absolute atomic E-state index is 11.4. The van der Waals surface area contributed by atoms with Crippen LogP contribution in [0, 0.1) is 0 Å². The zero-order valence-corrected chi connectivity index (χ0v) is 11.1. The molecule has 0 saturated heterocycles. The number of nitrogens with zero attached hydrogens (tertiary/aromatic N) is 2. The first-order valence-corrected chi connectivity index (χ1v) is 6.25. The molecular formula is C13H14ClN3O2. The molecule has 0 radical (unpaired) electrons. The van der Waals surface area contributed by atoms with E-state index in [2.05, 4.69) is 10.3 Å². The molecule has 6 heteroatoms. The monoisotopic (exact) mass is 279 g/mol. The lowest BCUT2D eigenvalue weighted by Gasteiger charge is -2.17. The molecule has 19 heavy (non-hydrogen) atoms. The van der Waals surface area contributed by atoms with Crippen LogP contribution in [0.5, 0.6) is 0 Å². The maximum Gasteiger partial charge on any atom is 0.332 e. The number of benzene rings is 1. The van der Waals surface area contributed by atoms with Gasteiger partial charge in [0, 0.05) is 6.54 Å². The number of rotatable bonds is 5. The van der Waals surface area contributed by atoms with Gasteiger partial charge in [0.2, 0.25) is 0 Å². The summed E-state index contributed by atoms with van der Waals surface area (Å²) < 4.78 is 1.78. The van der Waals surface area contributed by atoms with E-state index in [-0.39, 0.29) is 0 Å².